The molecule has 0 saturated heterocycles. The van der Waals surface area contributed by atoms with Crippen LogP contribution in [-0.2, 0) is 0 Å². The van der Waals surface area contributed by atoms with E-state index in [1.807, 2.05) is 19.9 Å². The van der Waals surface area contributed by atoms with Gasteiger partial charge in [-0.25, -0.2) is 0 Å². The van der Waals surface area contributed by atoms with Crippen molar-refractivity contribution in [3.63, 3.8) is 0 Å². The van der Waals surface area contributed by atoms with Crippen LogP contribution in [-0.4, -0.2) is 0 Å². The SMILES string of the molecule is C=C(C)/C(C)=C/C.C=C/C=C/CC. The molecule has 0 radical (unpaired) electrons. The normalized spacial score (nSPS) is 10.6. The zero-order valence-corrected chi connectivity index (χ0v) is 9.43. The van der Waals surface area contributed by atoms with E-state index in [1.54, 1.807) is 6.08 Å². The Kier molecular flexibility index (Phi) is 12.2. The summed E-state index contributed by atoms with van der Waals surface area (Å²) in [5.74, 6) is 0. The van der Waals surface area contributed by atoms with E-state index in [2.05, 4.69) is 39.2 Å². The van der Waals surface area contributed by atoms with Gasteiger partial charge in [-0.3, -0.25) is 0 Å². The van der Waals surface area contributed by atoms with Crippen LogP contribution in [0, 0.1) is 0 Å². The van der Waals surface area contributed by atoms with Gasteiger partial charge in [0.2, 0.25) is 0 Å². The first-order valence-corrected chi connectivity index (χ1v) is 4.66. The van der Waals surface area contributed by atoms with Gasteiger partial charge in [-0.15, -0.1) is 0 Å². The van der Waals surface area contributed by atoms with Crippen LogP contribution in [0.25, 0.3) is 0 Å². The lowest BCUT2D eigenvalue weighted by Gasteiger charge is -1.92. The maximum absolute atomic E-state index is 3.76. The number of allylic oxidation sites excluding steroid dienone is 6. The van der Waals surface area contributed by atoms with Crippen LogP contribution in [0.15, 0.2) is 48.6 Å². The molecule has 0 aliphatic carbocycles. The van der Waals surface area contributed by atoms with Gasteiger partial charge in [0.1, 0.15) is 0 Å². The second kappa shape index (κ2) is 11.0. The van der Waals surface area contributed by atoms with Gasteiger partial charge in [-0.05, 0) is 27.2 Å². The minimum Gasteiger partial charge on any atom is -0.0991 e. The summed E-state index contributed by atoms with van der Waals surface area (Å²) >= 11 is 0. The topological polar surface area (TPSA) is 0 Å². The van der Waals surface area contributed by atoms with Crippen molar-refractivity contribution in [2.45, 2.75) is 34.1 Å². The highest BCUT2D eigenvalue weighted by Crippen LogP contribution is 2.02. The molecule has 0 atom stereocenters. The second-order valence-electron chi connectivity index (χ2n) is 2.82. The van der Waals surface area contributed by atoms with Crippen LogP contribution < -0.4 is 0 Å². The molecule has 0 nitrogen and oxygen atoms in total. The summed E-state index contributed by atoms with van der Waals surface area (Å²) in [6, 6.07) is 0. The Labute approximate surface area is 83.4 Å². The molecule has 0 unspecified atom stereocenters. The molecular weight excluding hydrogens is 156 g/mol. The summed E-state index contributed by atoms with van der Waals surface area (Å²) in [5, 5.41) is 0. The molecule has 0 amide bonds. The molecule has 13 heavy (non-hydrogen) atoms. The van der Waals surface area contributed by atoms with Crippen molar-refractivity contribution in [1.82, 2.24) is 0 Å². The Morgan fingerprint density at radius 3 is 1.92 bits per heavy atom. The first kappa shape index (κ1) is 14.5. The van der Waals surface area contributed by atoms with Crippen LogP contribution >= 0.6 is 0 Å². The molecule has 0 saturated carbocycles. The van der Waals surface area contributed by atoms with E-state index in [4.69, 9.17) is 0 Å². The Balaban J connectivity index is 0. The Hall–Kier alpha value is -1.04. The van der Waals surface area contributed by atoms with E-state index >= 15 is 0 Å². The second-order valence-corrected chi connectivity index (χ2v) is 2.82. The number of hydrogen-bond donors (Lipinski definition) is 0. The summed E-state index contributed by atoms with van der Waals surface area (Å²) in [6.45, 7) is 15.5. The zero-order chi connectivity index (χ0) is 10.7. The van der Waals surface area contributed by atoms with E-state index in [1.165, 1.54) is 5.57 Å². The molecule has 0 aromatic rings. The van der Waals surface area contributed by atoms with E-state index in [0.29, 0.717) is 0 Å². The average Bonchev–Trinajstić information content (AvgIpc) is 2.14. The fraction of sp³-hybridized carbons (Fsp3) is 0.385. The molecule has 0 bridgehead atoms. The molecule has 0 spiro atoms. The quantitative estimate of drug-likeness (QED) is 0.551. The van der Waals surface area contributed by atoms with Crippen LogP contribution in [0.3, 0.4) is 0 Å². The lowest BCUT2D eigenvalue weighted by molar-refractivity contribution is 1.22. The van der Waals surface area contributed by atoms with E-state index < -0.39 is 0 Å². The Bertz CT molecular complexity index is 192. The van der Waals surface area contributed by atoms with E-state index in [0.717, 1.165) is 12.0 Å². The van der Waals surface area contributed by atoms with Gasteiger partial charge in [0, 0.05) is 0 Å². The summed E-state index contributed by atoms with van der Waals surface area (Å²) in [6.07, 6.45) is 8.95. The smallest absolute Gasteiger partial charge is 0.0376 e. The minimum atomic E-state index is 1.10. The van der Waals surface area contributed by atoms with Crippen LogP contribution in [0.2, 0.25) is 0 Å². The third kappa shape index (κ3) is 13.9. The highest BCUT2D eigenvalue weighted by molar-refractivity contribution is 5.22. The molecule has 0 aromatic carbocycles. The van der Waals surface area contributed by atoms with Crippen LogP contribution in [0.5, 0.6) is 0 Å². The predicted octanol–water partition coefficient (Wildman–Crippen LogP) is 4.67. The molecule has 0 aliphatic heterocycles. The minimum absolute atomic E-state index is 1.10. The maximum atomic E-state index is 3.76. The van der Waals surface area contributed by atoms with Crippen molar-refractivity contribution in [2.24, 2.45) is 0 Å². The van der Waals surface area contributed by atoms with E-state index in [-0.39, 0.29) is 0 Å². The van der Waals surface area contributed by atoms with Gasteiger partial charge in [0.15, 0.2) is 0 Å². The molecule has 74 valence electrons. The first-order valence-electron chi connectivity index (χ1n) is 4.66. The van der Waals surface area contributed by atoms with Crippen LogP contribution in [0.4, 0.5) is 0 Å². The van der Waals surface area contributed by atoms with Crippen LogP contribution in [0.1, 0.15) is 34.1 Å². The lowest BCUT2D eigenvalue weighted by atomic mass is 10.2. The van der Waals surface area contributed by atoms with Gasteiger partial charge in [0.25, 0.3) is 0 Å². The summed E-state index contributed by atoms with van der Waals surface area (Å²) in [5.41, 5.74) is 2.43. The molecule has 0 heterocycles. The Morgan fingerprint density at radius 1 is 1.31 bits per heavy atom. The van der Waals surface area contributed by atoms with Crippen molar-refractivity contribution in [2.75, 3.05) is 0 Å². The highest BCUT2D eigenvalue weighted by atomic mass is 13.9. The van der Waals surface area contributed by atoms with Gasteiger partial charge >= 0.3 is 0 Å². The fourth-order valence-corrected chi connectivity index (χ4v) is 0.479. The monoisotopic (exact) mass is 178 g/mol. The van der Waals surface area contributed by atoms with Crippen molar-refractivity contribution in [3.05, 3.63) is 48.6 Å². The Morgan fingerprint density at radius 2 is 1.85 bits per heavy atom. The molecule has 0 aromatic heterocycles. The molecule has 0 heteroatoms. The largest absolute Gasteiger partial charge is 0.0991 e. The molecular formula is C13H22. The van der Waals surface area contributed by atoms with Crippen molar-refractivity contribution >= 4 is 0 Å². The lowest BCUT2D eigenvalue weighted by Crippen LogP contribution is -1.71. The third-order valence-electron chi connectivity index (χ3n) is 1.61. The highest BCUT2D eigenvalue weighted by Gasteiger charge is 1.81. The van der Waals surface area contributed by atoms with Crippen molar-refractivity contribution in [1.29, 1.82) is 0 Å². The van der Waals surface area contributed by atoms with Gasteiger partial charge in [0.05, 0.1) is 0 Å². The standard InChI is InChI=1S/C7H12.C6H10/c1-5-7(4)6(2)3;1-3-5-6-4-2/h5H,2H2,1,3-4H3;3,5-6H,1,4H2,2H3/b7-5+;6-5+. The fourth-order valence-electron chi connectivity index (χ4n) is 0.479. The molecule has 0 aliphatic rings. The van der Waals surface area contributed by atoms with Crippen molar-refractivity contribution < 1.29 is 0 Å². The predicted molar refractivity (Wildman–Crippen MR) is 63.9 cm³/mol. The van der Waals surface area contributed by atoms with Gasteiger partial charge in [-0.1, -0.05) is 55.5 Å². The zero-order valence-electron chi connectivity index (χ0n) is 9.43. The number of hydrogen-bond acceptors (Lipinski definition) is 0. The summed E-state index contributed by atoms with van der Waals surface area (Å²) in [4.78, 5) is 0. The van der Waals surface area contributed by atoms with Crippen molar-refractivity contribution in [3.8, 4) is 0 Å². The third-order valence-corrected chi connectivity index (χ3v) is 1.61. The van der Waals surface area contributed by atoms with Gasteiger partial charge in [-0.2, -0.15) is 0 Å². The molecule has 0 rings (SSSR count). The summed E-state index contributed by atoms with van der Waals surface area (Å²) < 4.78 is 0. The molecule has 0 fully saturated rings. The first-order chi connectivity index (χ1) is 6.09. The van der Waals surface area contributed by atoms with Gasteiger partial charge < -0.3 is 0 Å². The molecule has 0 N–H and O–H groups in total. The maximum Gasteiger partial charge on any atom is -0.0376 e. The van der Waals surface area contributed by atoms with E-state index in [9.17, 15) is 0 Å². The number of rotatable bonds is 3. The average molecular weight is 178 g/mol. The summed E-state index contributed by atoms with van der Waals surface area (Å²) in [7, 11) is 0.